The van der Waals surface area contributed by atoms with E-state index in [1.165, 1.54) is 0 Å². The lowest BCUT2D eigenvalue weighted by Gasteiger charge is -2.11. The molecule has 0 spiro atoms. The van der Waals surface area contributed by atoms with E-state index in [4.69, 9.17) is 19.9 Å². The molecule has 8 aromatic carbocycles. The second kappa shape index (κ2) is 22.7. The highest BCUT2D eigenvalue weighted by Crippen LogP contribution is 2.37. The van der Waals surface area contributed by atoms with Crippen molar-refractivity contribution in [3.8, 4) is 89.8 Å². The Morgan fingerprint density at radius 2 is 0.576 bits per heavy atom. The summed E-state index contributed by atoms with van der Waals surface area (Å²) in [4.78, 5) is 55.6. The molecule has 10 heterocycles. The van der Waals surface area contributed by atoms with Gasteiger partial charge in [0.2, 0.25) is 0 Å². The molecule has 92 heavy (non-hydrogen) atoms. The Labute approximate surface area is 526 Å². The highest BCUT2D eigenvalue weighted by atomic mass is 14.8. The van der Waals surface area contributed by atoms with Crippen molar-refractivity contribution in [3.63, 3.8) is 0 Å². The smallest absolute Gasteiger partial charge is 0.107 e. The molecule has 12 nitrogen and oxygen atoms in total. The minimum absolute atomic E-state index is 0.749. The molecule has 18 aromatic rings. The first-order valence-electron chi connectivity index (χ1n) is 30.2. The lowest BCUT2D eigenvalue weighted by molar-refractivity contribution is 1.19. The first kappa shape index (κ1) is 53.4. The van der Waals surface area contributed by atoms with Crippen LogP contribution < -0.4 is 0 Å². The van der Waals surface area contributed by atoms with E-state index >= 15 is 0 Å². The largest absolute Gasteiger partial charge is 0.261 e. The molecule has 0 aliphatic heterocycles. The van der Waals surface area contributed by atoms with Crippen molar-refractivity contribution in [2.45, 2.75) is 0 Å². The van der Waals surface area contributed by atoms with Gasteiger partial charge in [-0.05, 0) is 123 Å². The van der Waals surface area contributed by atoms with Crippen LogP contribution in [0.5, 0.6) is 0 Å². The third-order valence-corrected chi connectivity index (χ3v) is 17.0. The molecule has 428 valence electrons. The zero-order valence-electron chi connectivity index (χ0n) is 49.1. The van der Waals surface area contributed by atoms with E-state index in [-0.39, 0.29) is 0 Å². The van der Waals surface area contributed by atoms with Gasteiger partial charge in [0.1, 0.15) is 11.4 Å². The summed E-state index contributed by atoms with van der Waals surface area (Å²) in [5, 5.41) is 8.68. The van der Waals surface area contributed by atoms with Crippen molar-refractivity contribution in [3.05, 3.63) is 292 Å². The second-order valence-electron chi connectivity index (χ2n) is 22.5. The molecule has 0 aliphatic carbocycles. The summed E-state index contributed by atoms with van der Waals surface area (Å²) < 4.78 is 0. The Balaban J connectivity index is 0.000000141. The Hall–Kier alpha value is -12.8. The van der Waals surface area contributed by atoms with E-state index in [2.05, 4.69) is 240 Å². The molecule has 0 radical (unpaired) electrons. The predicted octanol–water partition coefficient (Wildman–Crippen LogP) is 18.7. The van der Waals surface area contributed by atoms with Crippen molar-refractivity contribution < 1.29 is 0 Å². The molecule has 0 atom stereocenters. The number of pyridine rings is 8. The van der Waals surface area contributed by atoms with Gasteiger partial charge in [0.15, 0.2) is 0 Å². The molecule has 10 aromatic heterocycles. The van der Waals surface area contributed by atoms with Crippen molar-refractivity contribution in [2.75, 3.05) is 0 Å². The molecule has 0 fully saturated rings. The van der Waals surface area contributed by atoms with Gasteiger partial charge in [0.25, 0.3) is 0 Å². The van der Waals surface area contributed by atoms with Crippen LogP contribution in [0.3, 0.4) is 0 Å². The van der Waals surface area contributed by atoms with E-state index in [0.717, 1.165) is 177 Å². The zero-order chi connectivity index (χ0) is 60.9. The first-order chi connectivity index (χ1) is 45.5. The predicted molar refractivity (Wildman–Crippen MR) is 370 cm³/mol. The first-order valence-corrected chi connectivity index (χ1v) is 30.2. The standard InChI is InChI=1S/2C40H24N6/c1-3-31-21-33(32-4-2-18-44-40(32)39(31)43-17-1)26-7-5-25(6-8-26)29-11-9-27-13-15-34(45-36(27)22-29)30-12-10-28-14-16-35(46-37(28)23-30)38-24-41-19-20-42-38;1-2-29-11-14-33-32(17-19-44-40(33)39(29)43-18-1)26-5-3-25(4-6-26)30-9-7-27-12-15-34(45-36(27)22-30)31-10-8-28-13-16-35(46-37(28)23-31)38-24-41-20-21-42-38/h2*1-24H. The lowest BCUT2D eigenvalue weighted by atomic mass is 9.95. The van der Waals surface area contributed by atoms with Crippen LogP contribution in [-0.4, -0.2) is 59.8 Å². The highest BCUT2D eigenvalue weighted by molar-refractivity contribution is 6.11. The number of aromatic nitrogens is 12. The van der Waals surface area contributed by atoms with Crippen LogP contribution in [0.25, 0.3) is 177 Å². The summed E-state index contributed by atoms with van der Waals surface area (Å²) in [7, 11) is 0. The SMILES string of the molecule is c1cnc2c(c1)cc(-c1ccc(-c3ccc4ccc(-c5ccc6ccc(-c7cnccn7)nc6c5)nc4c3)cc1)c1cccnc12.c1cnc2c(c1)ccc1c(-c3ccc(-c4ccc5ccc(-c6ccc7ccc(-c8cnccn8)nc7c6)nc5c4)cc3)ccnc12. The van der Waals surface area contributed by atoms with Gasteiger partial charge in [0.05, 0.1) is 79.3 Å². The molecular weight excluding hydrogens is 1130 g/mol. The number of rotatable bonds is 8. The molecule has 0 bridgehead atoms. The van der Waals surface area contributed by atoms with E-state index in [9.17, 15) is 0 Å². The average molecular weight is 1180 g/mol. The molecule has 0 aliphatic rings. The summed E-state index contributed by atoms with van der Waals surface area (Å²) in [6.45, 7) is 0. The molecule has 12 heteroatoms. The molecule has 0 amide bonds. The van der Waals surface area contributed by atoms with E-state index < -0.39 is 0 Å². The normalized spacial score (nSPS) is 11.5. The maximum absolute atomic E-state index is 5.08. The third kappa shape index (κ3) is 10.0. The van der Waals surface area contributed by atoms with Gasteiger partial charge in [-0.3, -0.25) is 39.9 Å². The van der Waals surface area contributed by atoms with Gasteiger partial charge < -0.3 is 0 Å². The van der Waals surface area contributed by atoms with Gasteiger partial charge in [0, 0.05) is 104 Å². The Morgan fingerprint density at radius 3 is 1.10 bits per heavy atom. The molecular formula is C80H48N12. The number of fused-ring (bicyclic) bond motifs is 10. The fourth-order valence-electron chi connectivity index (χ4n) is 12.3. The van der Waals surface area contributed by atoms with E-state index in [1.807, 2.05) is 55.1 Å². The van der Waals surface area contributed by atoms with Crippen LogP contribution in [0.2, 0.25) is 0 Å². The number of benzene rings is 8. The number of nitrogens with zero attached hydrogens (tertiary/aromatic N) is 12. The van der Waals surface area contributed by atoms with Crippen molar-refractivity contribution >= 4 is 87.2 Å². The summed E-state index contributed by atoms with van der Waals surface area (Å²) >= 11 is 0. The fraction of sp³-hybridized carbons (Fsp3) is 0. The van der Waals surface area contributed by atoms with Crippen LogP contribution in [0.4, 0.5) is 0 Å². The Morgan fingerprint density at radius 1 is 0.196 bits per heavy atom. The Kier molecular flexibility index (Phi) is 13.2. The number of hydrogen-bond acceptors (Lipinski definition) is 12. The zero-order valence-corrected chi connectivity index (χ0v) is 49.1. The highest BCUT2D eigenvalue weighted by Gasteiger charge is 2.15. The quantitative estimate of drug-likeness (QED) is 0.133. The second-order valence-corrected chi connectivity index (χ2v) is 22.5. The van der Waals surface area contributed by atoms with Gasteiger partial charge in [-0.2, -0.15) is 0 Å². The minimum Gasteiger partial charge on any atom is -0.261 e. The summed E-state index contributed by atoms with van der Waals surface area (Å²) in [6, 6.07) is 80.2. The number of hydrogen-bond donors (Lipinski definition) is 0. The van der Waals surface area contributed by atoms with Gasteiger partial charge in [-0.15, -0.1) is 0 Å². The van der Waals surface area contributed by atoms with Crippen molar-refractivity contribution in [1.82, 2.24) is 59.8 Å². The monoisotopic (exact) mass is 1180 g/mol. The van der Waals surface area contributed by atoms with Crippen LogP contribution in [-0.2, 0) is 0 Å². The summed E-state index contributed by atoms with van der Waals surface area (Å²) in [5.41, 5.74) is 23.4. The van der Waals surface area contributed by atoms with E-state index in [1.54, 1.807) is 37.2 Å². The fourth-order valence-corrected chi connectivity index (χ4v) is 12.3. The Bertz CT molecular complexity index is 5860. The van der Waals surface area contributed by atoms with Crippen LogP contribution >= 0.6 is 0 Å². The van der Waals surface area contributed by atoms with Crippen molar-refractivity contribution in [2.24, 2.45) is 0 Å². The molecule has 0 saturated heterocycles. The van der Waals surface area contributed by atoms with Crippen molar-refractivity contribution in [1.29, 1.82) is 0 Å². The van der Waals surface area contributed by atoms with Gasteiger partial charge in [-0.1, -0.05) is 152 Å². The maximum atomic E-state index is 5.08. The molecule has 0 unspecified atom stereocenters. The molecule has 0 N–H and O–H groups in total. The van der Waals surface area contributed by atoms with Crippen LogP contribution in [0.1, 0.15) is 0 Å². The molecule has 18 rings (SSSR count). The van der Waals surface area contributed by atoms with Crippen LogP contribution in [0, 0.1) is 0 Å². The maximum Gasteiger partial charge on any atom is 0.107 e. The third-order valence-electron chi connectivity index (χ3n) is 17.0. The van der Waals surface area contributed by atoms with E-state index in [0.29, 0.717) is 0 Å². The summed E-state index contributed by atoms with van der Waals surface area (Å²) in [5.74, 6) is 0. The van der Waals surface area contributed by atoms with Gasteiger partial charge >= 0.3 is 0 Å². The lowest BCUT2D eigenvalue weighted by Crippen LogP contribution is -1.91. The summed E-state index contributed by atoms with van der Waals surface area (Å²) in [6.07, 6.45) is 17.5. The minimum atomic E-state index is 0.749. The van der Waals surface area contributed by atoms with Crippen LogP contribution in [0.15, 0.2) is 292 Å². The topological polar surface area (TPSA) is 155 Å². The average Bonchev–Trinajstić information content (AvgIpc) is 0.818. The molecule has 0 saturated carbocycles. The van der Waals surface area contributed by atoms with Gasteiger partial charge in [-0.25, -0.2) is 19.9 Å².